The Balaban J connectivity index is 2.40. The zero-order chi connectivity index (χ0) is 14.0. The average Bonchev–Trinajstić information content (AvgIpc) is 2.38. The van der Waals surface area contributed by atoms with Crippen molar-refractivity contribution in [3.63, 3.8) is 0 Å². The smallest absolute Gasteiger partial charge is 0.160 e. The number of anilines is 3. The Morgan fingerprint density at radius 3 is 2.42 bits per heavy atom. The van der Waals surface area contributed by atoms with E-state index in [0.29, 0.717) is 22.6 Å². The third kappa shape index (κ3) is 2.73. The van der Waals surface area contributed by atoms with Gasteiger partial charge in [0.05, 0.1) is 27.0 Å². The monoisotopic (exact) mass is 295 g/mol. The molecule has 0 saturated heterocycles. The van der Waals surface area contributed by atoms with Crippen molar-refractivity contribution in [3.8, 4) is 6.07 Å². The highest BCUT2D eigenvalue weighted by Gasteiger charge is 2.09. The molecule has 3 N–H and O–H groups in total. The molecule has 2 aromatic carbocycles. The predicted octanol–water partition coefficient (Wildman–Crippen LogP) is 4.33. The molecular formula is C13H8Cl2FN3. The molecule has 0 spiro atoms. The maximum absolute atomic E-state index is 13.3. The van der Waals surface area contributed by atoms with Gasteiger partial charge in [0, 0.05) is 5.69 Å². The molecule has 2 aromatic rings. The first-order chi connectivity index (χ1) is 9.02. The first kappa shape index (κ1) is 13.5. The molecule has 0 aliphatic rings. The Kier molecular flexibility index (Phi) is 3.79. The van der Waals surface area contributed by atoms with Gasteiger partial charge in [-0.15, -0.1) is 0 Å². The van der Waals surface area contributed by atoms with Crippen LogP contribution in [0.15, 0.2) is 30.3 Å². The molecule has 0 radical (unpaired) electrons. The van der Waals surface area contributed by atoms with Crippen LogP contribution < -0.4 is 11.1 Å². The Morgan fingerprint density at radius 2 is 1.84 bits per heavy atom. The molecule has 6 heteroatoms. The molecular weight excluding hydrogens is 288 g/mol. The van der Waals surface area contributed by atoms with Crippen LogP contribution in [0.4, 0.5) is 21.5 Å². The molecule has 19 heavy (non-hydrogen) atoms. The highest BCUT2D eigenvalue weighted by molar-refractivity contribution is 6.35. The minimum Gasteiger partial charge on any atom is -0.396 e. The number of hydrogen-bond acceptors (Lipinski definition) is 3. The number of nitrogens with one attached hydrogen (secondary N) is 1. The summed E-state index contributed by atoms with van der Waals surface area (Å²) in [6, 6.07) is 9.74. The van der Waals surface area contributed by atoms with Gasteiger partial charge in [-0.05, 0) is 24.3 Å². The Hall–Kier alpha value is -1.96. The van der Waals surface area contributed by atoms with E-state index < -0.39 is 5.82 Å². The summed E-state index contributed by atoms with van der Waals surface area (Å²) in [6.07, 6.45) is 0. The lowest BCUT2D eigenvalue weighted by molar-refractivity contribution is 0.629. The molecule has 2 rings (SSSR count). The van der Waals surface area contributed by atoms with E-state index in [4.69, 9.17) is 34.2 Å². The summed E-state index contributed by atoms with van der Waals surface area (Å²) >= 11 is 11.4. The van der Waals surface area contributed by atoms with Crippen molar-refractivity contribution in [2.45, 2.75) is 0 Å². The van der Waals surface area contributed by atoms with Crippen molar-refractivity contribution in [3.05, 3.63) is 51.8 Å². The normalized spacial score (nSPS) is 10.0. The molecule has 0 fully saturated rings. The highest BCUT2D eigenvalue weighted by Crippen LogP contribution is 2.31. The van der Waals surface area contributed by atoms with E-state index in [-0.39, 0.29) is 10.0 Å². The molecule has 0 heterocycles. The van der Waals surface area contributed by atoms with E-state index in [0.717, 1.165) is 0 Å². The molecule has 3 nitrogen and oxygen atoms in total. The molecule has 0 unspecified atom stereocenters. The number of rotatable bonds is 2. The van der Waals surface area contributed by atoms with Crippen molar-refractivity contribution in [1.29, 1.82) is 5.26 Å². The van der Waals surface area contributed by atoms with E-state index in [1.165, 1.54) is 12.1 Å². The lowest BCUT2D eigenvalue weighted by Gasteiger charge is -2.11. The predicted molar refractivity (Wildman–Crippen MR) is 75.3 cm³/mol. The second-order valence-electron chi connectivity index (χ2n) is 3.76. The van der Waals surface area contributed by atoms with E-state index >= 15 is 0 Å². The summed E-state index contributed by atoms with van der Waals surface area (Å²) in [5, 5.41) is 11.6. The summed E-state index contributed by atoms with van der Waals surface area (Å²) in [6.45, 7) is 0. The fourth-order valence-corrected chi connectivity index (χ4v) is 2.04. The number of nitrogens with two attached hydrogens (primary N) is 1. The van der Waals surface area contributed by atoms with Crippen molar-refractivity contribution in [2.24, 2.45) is 0 Å². The van der Waals surface area contributed by atoms with Gasteiger partial charge in [-0.3, -0.25) is 0 Å². The first-order valence-corrected chi connectivity index (χ1v) is 5.98. The topological polar surface area (TPSA) is 61.8 Å². The van der Waals surface area contributed by atoms with Gasteiger partial charge in [0.25, 0.3) is 0 Å². The van der Waals surface area contributed by atoms with Gasteiger partial charge in [-0.25, -0.2) is 4.39 Å². The minimum absolute atomic E-state index is 0.0926. The fourth-order valence-electron chi connectivity index (χ4n) is 1.55. The Labute approximate surface area is 119 Å². The van der Waals surface area contributed by atoms with Gasteiger partial charge in [0.15, 0.2) is 5.82 Å². The third-order valence-corrected chi connectivity index (χ3v) is 3.04. The third-order valence-electron chi connectivity index (χ3n) is 2.49. The van der Waals surface area contributed by atoms with Gasteiger partial charge in [0.2, 0.25) is 0 Å². The summed E-state index contributed by atoms with van der Waals surface area (Å²) < 4.78 is 13.3. The summed E-state index contributed by atoms with van der Waals surface area (Å²) in [5.41, 5.74) is 7.49. The van der Waals surface area contributed by atoms with Crippen LogP contribution in [0.3, 0.4) is 0 Å². The molecule has 0 saturated carbocycles. The Morgan fingerprint density at radius 1 is 1.21 bits per heavy atom. The van der Waals surface area contributed by atoms with Crippen LogP contribution in [0.2, 0.25) is 10.0 Å². The number of benzene rings is 2. The van der Waals surface area contributed by atoms with Crippen LogP contribution in [0, 0.1) is 17.1 Å². The lowest BCUT2D eigenvalue weighted by atomic mass is 10.1. The van der Waals surface area contributed by atoms with Crippen LogP contribution in [-0.4, -0.2) is 0 Å². The second-order valence-corrected chi connectivity index (χ2v) is 4.57. The minimum atomic E-state index is -0.673. The van der Waals surface area contributed by atoms with Gasteiger partial charge in [-0.1, -0.05) is 29.3 Å². The van der Waals surface area contributed by atoms with Gasteiger partial charge in [-0.2, -0.15) is 5.26 Å². The van der Waals surface area contributed by atoms with Crippen molar-refractivity contribution >= 4 is 40.3 Å². The molecule has 0 aliphatic heterocycles. The average molecular weight is 296 g/mol. The maximum atomic E-state index is 13.3. The van der Waals surface area contributed by atoms with E-state index in [1.54, 1.807) is 18.2 Å². The number of para-hydroxylation sites is 1. The number of nitrogens with zero attached hydrogens (tertiary/aromatic N) is 1. The summed E-state index contributed by atoms with van der Waals surface area (Å²) in [4.78, 5) is 0. The zero-order valence-electron chi connectivity index (χ0n) is 9.55. The molecule has 0 amide bonds. The number of nitrogen functional groups attached to an aromatic ring is 1. The summed E-state index contributed by atoms with van der Waals surface area (Å²) in [5.74, 6) is -0.673. The first-order valence-electron chi connectivity index (χ1n) is 5.23. The van der Waals surface area contributed by atoms with Crippen LogP contribution >= 0.6 is 23.2 Å². The van der Waals surface area contributed by atoms with Gasteiger partial charge >= 0.3 is 0 Å². The van der Waals surface area contributed by atoms with Crippen LogP contribution in [0.1, 0.15) is 5.56 Å². The largest absolute Gasteiger partial charge is 0.396 e. The fraction of sp³-hybridized carbons (Fsp3) is 0. The zero-order valence-corrected chi connectivity index (χ0v) is 11.1. The van der Waals surface area contributed by atoms with Crippen molar-refractivity contribution in [2.75, 3.05) is 11.1 Å². The number of hydrogen-bond donors (Lipinski definition) is 2. The van der Waals surface area contributed by atoms with E-state index in [2.05, 4.69) is 5.32 Å². The summed E-state index contributed by atoms with van der Waals surface area (Å²) in [7, 11) is 0. The standard InChI is InChI=1S/C13H8Cl2FN3/c14-9-4-8(5-10(15)12(9)16)19-11-3-1-2-7(6-17)13(11)18/h1-5,19H,18H2. The highest BCUT2D eigenvalue weighted by atomic mass is 35.5. The molecule has 0 aromatic heterocycles. The molecule has 0 atom stereocenters. The van der Waals surface area contributed by atoms with Crippen LogP contribution in [-0.2, 0) is 0 Å². The van der Waals surface area contributed by atoms with E-state index in [9.17, 15) is 4.39 Å². The number of halogens is 3. The van der Waals surface area contributed by atoms with Gasteiger partial charge < -0.3 is 11.1 Å². The maximum Gasteiger partial charge on any atom is 0.160 e. The van der Waals surface area contributed by atoms with E-state index in [1.807, 2.05) is 6.07 Å². The SMILES string of the molecule is N#Cc1cccc(Nc2cc(Cl)c(F)c(Cl)c2)c1N. The quantitative estimate of drug-likeness (QED) is 0.640. The molecule has 96 valence electrons. The second kappa shape index (κ2) is 5.35. The van der Waals surface area contributed by atoms with Crippen molar-refractivity contribution < 1.29 is 4.39 Å². The van der Waals surface area contributed by atoms with Crippen molar-refractivity contribution in [1.82, 2.24) is 0 Å². The molecule has 0 aliphatic carbocycles. The van der Waals surface area contributed by atoms with Gasteiger partial charge in [0.1, 0.15) is 6.07 Å². The Bertz CT molecular complexity index is 657. The van der Waals surface area contributed by atoms with Crippen LogP contribution in [0.5, 0.6) is 0 Å². The van der Waals surface area contributed by atoms with Crippen LogP contribution in [0.25, 0.3) is 0 Å². The lowest BCUT2D eigenvalue weighted by Crippen LogP contribution is -1.99. The number of nitriles is 1. The molecule has 0 bridgehead atoms.